The standard InChI is InChI=1S/C14H16N4O3S/c1-16(8-10-7-15-17(2)9-10)14(19)12-6-11(22-3)4-5-13(12)18(20)21/h4-7,9H,8H2,1-3H3. The lowest BCUT2D eigenvalue weighted by molar-refractivity contribution is -0.385. The smallest absolute Gasteiger partial charge is 0.282 e. The van der Waals surface area contributed by atoms with Crippen molar-refractivity contribution in [3.8, 4) is 0 Å². The fourth-order valence-corrected chi connectivity index (χ4v) is 2.52. The summed E-state index contributed by atoms with van der Waals surface area (Å²) in [4.78, 5) is 25.4. The number of nitro benzene ring substituents is 1. The van der Waals surface area contributed by atoms with Crippen LogP contribution in [0.4, 0.5) is 5.69 Å². The lowest BCUT2D eigenvalue weighted by Crippen LogP contribution is -2.26. The van der Waals surface area contributed by atoms with Gasteiger partial charge in [-0.3, -0.25) is 19.6 Å². The molecule has 0 aliphatic rings. The Bertz CT molecular complexity index is 714. The molecule has 0 aliphatic carbocycles. The van der Waals surface area contributed by atoms with E-state index in [1.807, 2.05) is 6.26 Å². The Labute approximate surface area is 132 Å². The molecule has 0 spiro atoms. The van der Waals surface area contributed by atoms with Crippen LogP contribution >= 0.6 is 11.8 Å². The Morgan fingerprint density at radius 2 is 2.23 bits per heavy atom. The minimum atomic E-state index is -0.532. The predicted molar refractivity (Wildman–Crippen MR) is 83.9 cm³/mol. The zero-order valence-corrected chi connectivity index (χ0v) is 13.3. The quantitative estimate of drug-likeness (QED) is 0.480. The van der Waals surface area contributed by atoms with Crippen LogP contribution in [0.15, 0.2) is 35.5 Å². The van der Waals surface area contributed by atoms with Crippen molar-refractivity contribution in [2.75, 3.05) is 13.3 Å². The average molecular weight is 320 g/mol. The second-order valence-corrected chi connectivity index (χ2v) is 5.70. The highest BCUT2D eigenvalue weighted by molar-refractivity contribution is 7.98. The minimum Gasteiger partial charge on any atom is -0.337 e. The maximum absolute atomic E-state index is 12.5. The van der Waals surface area contributed by atoms with Gasteiger partial charge in [-0.1, -0.05) is 0 Å². The van der Waals surface area contributed by atoms with E-state index in [0.29, 0.717) is 6.54 Å². The van der Waals surface area contributed by atoms with E-state index in [0.717, 1.165) is 10.5 Å². The first-order chi connectivity index (χ1) is 10.4. The van der Waals surface area contributed by atoms with Gasteiger partial charge in [-0.05, 0) is 18.4 Å². The highest BCUT2D eigenvalue weighted by atomic mass is 32.2. The number of amides is 1. The number of aromatic nitrogens is 2. The van der Waals surface area contributed by atoms with Crippen LogP contribution in [-0.4, -0.2) is 38.8 Å². The summed E-state index contributed by atoms with van der Waals surface area (Å²) in [6.45, 7) is 0.341. The molecule has 0 bridgehead atoms. The van der Waals surface area contributed by atoms with Gasteiger partial charge in [-0.25, -0.2) is 0 Å². The topological polar surface area (TPSA) is 81.3 Å². The van der Waals surface area contributed by atoms with E-state index in [1.165, 1.54) is 22.7 Å². The van der Waals surface area contributed by atoms with Gasteiger partial charge in [0, 0.05) is 43.4 Å². The summed E-state index contributed by atoms with van der Waals surface area (Å²) in [6, 6.07) is 4.57. The van der Waals surface area contributed by atoms with Crippen LogP contribution in [0.25, 0.3) is 0 Å². The molecule has 0 fully saturated rings. The third-order valence-corrected chi connectivity index (χ3v) is 3.88. The van der Waals surface area contributed by atoms with Gasteiger partial charge in [0.2, 0.25) is 0 Å². The molecule has 0 saturated heterocycles. The van der Waals surface area contributed by atoms with Crippen molar-refractivity contribution >= 4 is 23.4 Å². The second-order valence-electron chi connectivity index (χ2n) is 4.82. The van der Waals surface area contributed by atoms with Gasteiger partial charge in [0.05, 0.1) is 11.1 Å². The van der Waals surface area contributed by atoms with Crippen molar-refractivity contribution in [3.05, 3.63) is 51.8 Å². The van der Waals surface area contributed by atoms with Crippen LogP contribution in [-0.2, 0) is 13.6 Å². The number of thioether (sulfide) groups is 1. The van der Waals surface area contributed by atoms with E-state index >= 15 is 0 Å². The van der Waals surface area contributed by atoms with Crippen LogP contribution < -0.4 is 0 Å². The number of hydrogen-bond acceptors (Lipinski definition) is 5. The van der Waals surface area contributed by atoms with Crippen LogP contribution in [0.1, 0.15) is 15.9 Å². The fourth-order valence-electron chi connectivity index (χ4n) is 2.08. The molecule has 22 heavy (non-hydrogen) atoms. The van der Waals surface area contributed by atoms with Crippen molar-refractivity contribution in [1.29, 1.82) is 0 Å². The van der Waals surface area contributed by atoms with Gasteiger partial charge in [0.1, 0.15) is 5.56 Å². The lowest BCUT2D eigenvalue weighted by atomic mass is 10.1. The molecule has 0 unspecified atom stereocenters. The summed E-state index contributed by atoms with van der Waals surface area (Å²) in [6.07, 6.45) is 5.32. The Morgan fingerprint density at radius 1 is 1.50 bits per heavy atom. The number of aryl methyl sites for hydroxylation is 1. The Balaban J connectivity index is 2.28. The zero-order valence-electron chi connectivity index (χ0n) is 12.5. The Hall–Kier alpha value is -2.35. The van der Waals surface area contributed by atoms with Crippen LogP contribution in [0.2, 0.25) is 0 Å². The van der Waals surface area contributed by atoms with Gasteiger partial charge in [0.15, 0.2) is 0 Å². The van der Waals surface area contributed by atoms with Gasteiger partial charge < -0.3 is 4.90 Å². The first-order valence-corrected chi connectivity index (χ1v) is 7.70. The molecule has 1 amide bonds. The minimum absolute atomic E-state index is 0.100. The van der Waals surface area contributed by atoms with Crippen molar-refractivity contribution in [1.82, 2.24) is 14.7 Å². The second kappa shape index (κ2) is 6.61. The molecular weight excluding hydrogens is 304 g/mol. The molecule has 8 heteroatoms. The van der Waals surface area contributed by atoms with Crippen molar-refractivity contribution in [2.45, 2.75) is 11.4 Å². The molecule has 1 aromatic heterocycles. The molecule has 0 aliphatic heterocycles. The monoisotopic (exact) mass is 320 g/mol. The van der Waals surface area contributed by atoms with Crippen molar-refractivity contribution in [2.24, 2.45) is 7.05 Å². The van der Waals surface area contributed by atoms with Crippen LogP contribution in [0.5, 0.6) is 0 Å². The van der Waals surface area contributed by atoms with Crippen LogP contribution in [0.3, 0.4) is 0 Å². The van der Waals surface area contributed by atoms with Crippen molar-refractivity contribution in [3.63, 3.8) is 0 Å². The molecule has 1 heterocycles. The van der Waals surface area contributed by atoms with E-state index in [4.69, 9.17) is 0 Å². The predicted octanol–water partition coefficient (Wildman–Crippen LogP) is 2.32. The number of nitrogens with zero attached hydrogens (tertiary/aromatic N) is 4. The van der Waals surface area contributed by atoms with Gasteiger partial charge in [0.25, 0.3) is 11.6 Å². The largest absolute Gasteiger partial charge is 0.337 e. The molecule has 0 saturated carbocycles. The maximum Gasteiger partial charge on any atom is 0.282 e. The Kier molecular flexibility index (Phi) is 4.81. The van der Waals surface area contributed by atoms with Gasteiger partial charge in [-0.15, -0.1) is 11.8 Å². The summed E-state index contributed by atoms with van der Waals surface area (Å²) < 4.78 is 1.64. The summed E-state index contributed by atoms with van der Waals surface area (Å²) in [5.41, 5.74) is 0.783. The fraction of sp³-hybridized carbons (Fsp3) is 0.286. The summed E-state index contributed by atoms with van der Waals surface area (Å²) in [5, 5.41) is 15.2. The number of benzene rings is 1. The first kappa shape index (κ1) is 16.0. The number of nitro groups is 1. The average Bonchev–Trinajstić information content (AvgIpc) is 2.90. The highest BCUT2D eigenvalue weighted by Gasteiger charge is 2.23. The van der Waals surface area contributed by atoms with Gasteiger partial charge >= 0.3 is 0 Å². The molecule has 0 N–H and O–H groups in total. The zero-order chi connectivity index (χ0) is 16.3. The highest BCUT2D eigenvalue weighted by Crippen LogP contribution is 2.26. The summed E-state index contributed by atoms with van der Waals surface area (Å²) >= 11 is 1.43. The van der Waals surface area contributed by atoms with E-state index in [9.17, 15) is 14.9 Å². The number of rotatable bonds is 5. The van der Waals surface area contributed by atoms with Crippen molar-refractivity contribution < 1.29 is 9.72 Å². The Morgan fingerprint density at radius 3 is 2.77 bits per heavy atom. The molecule has 116 valence electrons. The molecular formula is C14H16N4O3S. The van der Waals surface area contributed by atoms with Crippen LogP contribution in [0, 0.1) is 10.1 Å². The summed E-state index contributed by atoms with van der Waals surface area (Å²) in [7, 11) is 3.41. The number of carbonyl (C=O) groups is 1. The maximum atomic E-state index is 12.5. The van der Waals surface area contributed by atoms with Gasteiger partial charge in [-0.2, -0.15) is 5.10 Å². The molecule has 0 atom stereocenters. The van der Waals surface area contributed by atoms with E-state index in [1.54, 1.807) is 43.3 Å². The molecule has 7 nitrogen and oxygen atoms in total. The molecule has 2 aromatic rings. The SMILES string of the molecule is CSc1ccc([N+](=O)[O-])c(C(=O)N(C)Cc2cnn(C)c2)c1. The first-order valence-electron chi connectivity index (χ1n) is 6.47. The summed E-state index contributed by atoms with van der Waals surface area (Å²) in [5.74, 6) is -0.383. The normalized spacial score (nSPS) is 10.5. The number of carbonyl (C=O) groups excluding carboxylic acids is 1. The lowest BCUT2D eigenvalue weighted by Gasteiger charge is -2.16. The van der Waals surface area contributed by atoms with E-state index in [2.05, 4.69) is 5.10 Å². The van der Waals surface area contributed by atoms with E-state index in [-0.39, 0.29) is 17.2 Å². The third kappa shape index (κ3) is 3.45. The molecule has 2 rings (SSSR count). The molecule has 0 radical (unpaired) electrons. The van der Waals surface area contributed by atoms with E-state index < -0.39 is 4.92 Å². The molecule has 1 aromatic carbocycles. The third-order valence-electron chi connectivity index (χ3n) is 3.16. The number of hydrogen-bond donors (Lipinski definition) is 0.